The molecule has 0 bridgehead atoms. The first-order valence-electron chi connectivity index (χ1n) is 10.2. The summed E-state index contributed by atoms with van der Waals surface area (Å²) in [5, 5.41) is 34.5. The van der Waals surface area contributed by atoms with Crippen LogP contribution in [-0.2, 0) is 16.0 Å². The molecule has 164 valence electrons. The molecule has 8 nitrogen and oxygen atoms in total. The van der Waals surface area contributed by atoms with Crippen molar-refractivity contribution < 1.29 is 34.1 Å². The highest BCUT2D eigenvalue weighted by Gasteiger charge is 2.78. The summed E-state index contributed by atoms with van der Waals surface area (Å²) < 4.78 is 11.5. The normalized spacial score (nSPS) is 42.1. The number of aryl methyl sites for hydroxylation is 1. The van der Waals surface area contributed by atoms with Crippen LogP contribution in [0.4, 0.5) is 0 Å². The molecule has 0 amide bonds. The number of aliphatic hydroxyl groups excluding tert-OH is 1. The largest absolute Gasteiger partial charge is 0.483 e. The minimum Gasteiger partial charge on any atom is -0.483 e. The number of Topliss-reactive ketones (excluding diaryl/α,β-unsaturated/α-hetero) is 2. The summed E-state index contributed by atoms with van der Waals surface area (Å²) in [5.41, 5.74) is -7.54. The van der Waals surface area contributed by atoms with Crippen LogP contribution in [0.2, 0.25) is 0 Å². The number of rotatable bonds is 0. The van der Waals surface area contributed by atoms with Crippen molar-refractivity contribution in [2.24, 2.45) is 17.3 Å². The molecule has 0 aromatic carbocycles. The molecule has 2 aliphatic carbocycles. The van der Waals surface area contributed by atoms with E-state index in [0.29, 0.717) is 11.3 Å². The predicted molar refractivity (Wildman–Crippen MR) is 104 cm³/mol. The molecule has 0 unspecified atom stereocenters. The van der Waals surface area contributed by atoms with Crippen molar-refractivity contribution in [3.05, 3.63) is 27.3 Å². The molecule has 0 radical (unpaired) electrons. The second kappa shape index (κ2) is 5.81. The third-order valence-electron chi connectivity index (χ3n) is 8.11. The van der Waals surface area contributed by atoms with Gasteiger partial charge in [-0.2, -0.15) is 0 Å². The number of hydrogen-bond acceptors (Lipinski definition) is 8. The maximum absolute atomic E-state index is 13.3. The average molecular weight is 420 g/mol. The Morgan fingerprint density at radius 3 is 2.27 bits per heavy atom. The minimum atomic E-state index is -2.60. The predicted octanol–water partition coefficient (Wildman–Crippen LogP) is 0.607. The summed E-state index contributed by atoms with van der Waals surface area (Å²) in [6, 6.07) is 0. The Morgan fingerprint density at radius 1 is 1.07 bits per heavy atom. The third kappa shape index (κ3) is 2.14. The SMILES string of the molecule is Cc1oc(=O)c2c(c1C)O[C@@]1(C)[C@H](C2)[C@@H](C)[C@]2(O)CC(=O)C(C)(C)C(=O)[C@@]2(O)[C@H]1O. The molecular formula is C22H28O8. The maximum Gasteiger partial charge on any atom is 0.342 e. The summed E-state index contributed by atoms with van der Waals surface area (Å²) in [6.07, 6.45) is -2.20. The zero-order chi connectivity index (χ0) is 22.6. The maximum atomic E-state index is 13.3. The Labute approximate surface area is 173 Å². The summed E-state index contributed by atoms with van der Waals surface area (Å²) in [4.78, 5) is 38.5. The first-order valence-corrected chi connectivity index (χ1v) is 10.2. The van der Waals surface area contributed by atoms with Crippen molar-refractivity contribution in [3.8, 4) is 5.75 Å². The van der Waals surface area contributed by atoms with E-state index in [9.17, 15) is 29.7 Å². The molecule has 8 heteroatoms. The third-order valence-corrected chi connectivity index (χ3v) is 8.11. The molecule has 6 atom stereocenters. The Hall–Kier alpha value is -2.03. The van der Waals surface area contributed by atoms with Crippen LogP contribution < -0.4 is 10.4 Å². The second-order valence-corrected chi connectivity index (χ2v) is 9.91. The van der Waals surface area contributed by atoms with Gasteiger partial charge in [0.1, 0.15) is 34.6 Å². The first kappa shape index (κ1) is 21.2. The molecule has 0 saturated heterocycles. The number of carbonyl (C=O) groups is 2. The number of fused-ring (bicyclic) bond motifs is 3. The van der Waals surface area contributed by atoms with Crippen LogP contribution in [-0.4, -0.2) is 49.8 Å². The van der Waals surface area contributed by atoms with E-state index in [1.165, 1.54) is 13.8 Å². The quantitative estimate of drug-likeness (QED) is 0.520. The van der Waals surface area contributed by atoms with Gasteiger partial charge >= 0.3 is 5.63 Å². The van der Waals surface area contributed by atoms with E-state index in [0.717, 1.165) is 0 Å². The number of ketones is 2. The van der Waals surface area contributed by atoms with Crippen LogP contribution in [0, 0.1) is 31.1 Å². The standard InChI is InChI=1S/C22H28O8/c1-9-11(3)29-16(24)12-7-13-10(2)21(27)8-14(23)19(4,5)17(25)22(21,28)18(26)20(13,6)30-15(9)12/h10,13,18,26-28H,7-8H2,1-6H3/t10-,13-,18+,20+,21-,22-/m1/s1. The van der Waals surface area contributed by atoms with Crippen LogP contribution >= 0.6 is 0 Å². The highest BCUT2D eigenvalue weighted by Crippen LogP contribution is 2.59. The van der Waals surface area contributed by atoms with E-state index in [4.69, 9.17) is 9.15 Å². The lowest BCUT2D eigenvalue weighted by atomic mass is 9.46. The van der Waals surface area contributed by atoms with Crippen molar-refractivity contribution in [3.63, 3.8) is 0 Å². The van der Waals surface area contributed by atoms with E-state index in [2.05, 4.69) is 0 Å². The summed E-state index contributed by atoms with van der Waals surface area (Å²) in [6.45, 7) is 9.29. The molecule has 3 N–H and O–H groups in total. The summed E-state index contributed by atoms with van der Waals surface area (Å²) >= 11 is 0. The topological polar surface area (TPSA) is 134 Å². The van der Waals surface area contributed by atoms with Crippen molar-refractivity contribution >= 4 is 11.6 Å². The number of carbonyl (C=O) groups excluding carboxylic acids is 2. The van der Waals surface area contributed by atoms with Gasteiger partial charge in [-0.25, -0.2) is 4.79 Å². The van der Waals surface area contributed by atoms with E-state index < -0.39 is 63.8 Å². The van der Waals surface area contributed by atoms with Gasteiger partial charge in [0.05, 0.1) is 11.0 Å². The molecule has 1 aromatic heterocycles. The average Bonchev–Trinajstić information content (AvgIpc) is 2.67. The van der Waals surface area contributed by atoms with Gasteiger partial charge in [-0.3, -0.25) is 9.59 Å². The van der Waals surface area contributed by atoms with Crippen molar-refractivity contribution in [2.75, 3.05) is 0 Å². The zero-order valence-electron chi connectivity index (χ0n) is 18.0. The molecule has 1 aromatic rings. The second-order valence-electron chi connectivity index (χ2n) is 9.91. The summed E-state index contributed by atoms with van der Waals surface area (Å²) in [5.74, 6) is -2.30. The van der Waals surface area contributed by atoms with Crippen LogP contribution in [0.5, 0.6) is 5.75 Å². The van der Waals surface area contributed by atoms with Gasteiger partial charge in [0.2, 0.25) is 0 Å². The Balaban J connectivity index is 1.95. The van der Waals surface area contributed by atoms with Crippen LogP contribution in [0.3, 0.4) is 0 Å². The van der Waals surface area contributed by atoms with Gasteiger partial charge in [0.25, 0.3) is 0 Å². The Morgan fingerprint density at radius 2 is 1.67 bits per heavy atom. The molecule has 1 aliphatic heterocycles. The van der Waals surface area contributed by atoms with Crippen LogP contribution in [0.25, 0.3) is 0 Å². The van der Waals surface area contributed by atoms with E-state index in [1.807, 2.05) is 0 Å². The lowest BCUT2D eigenvalue weighted by molar-refractivity contribution is -0.304. The fraction of sp³-hybridized carbons (Fsp3) is 0.682. The van der Waals surface area contributed by atoms with Crippen molar-refractivity contribution in [1.82, 2.24) is 0 Å². The highest BCUT2D eigenvalue weighted by molar-refractivity contribution is 6.13. The summed E-state index contributed by atoms with van der Waals surface area (Å²) in [7, 11) is 0. The molecule has 2 fully saturated rings. The first-order chi connectivity index (χ1) is 13.6. The van der Waals surface area contributed by atoms with Gasteiger partial charge < -0.3 is 24.5 Å². The molecule has 2 heterocycles. The van der Waals surface area contributed by atoms with Crippen molar-refractivity contribution in [1.29, 1.82) is 0 Å². The minimum absolute atomic E-state index is 0.109. The monoisotopic (exact) mass is 420 g/mol. The number of aliphatic hydroxyl groups is 3. The zero-order valence-corrected chi connectivity index (χ0v) is 18.0. The van der Waals surface area contributed by atoms with Crippen LogP contribution in [0.1, 0.15) is 51.0 Å². The van der Waals surface area contributed by atoms with Gasteiger partial charge in [-0.1, -0.05) is 6.92 Å². The molecule has 30 heavy (non-hydrogen) atoms. The van der Waals surface area contributed by atoms with Crippen LogP contribution in [0.15, 0.2) is 9.21 Å². The smallest absolute Gasteiger partial charge is 0.342 e. The van der Waals surface area contributed by atoms with Gasteiger partial charge in [-0.05, 0) is 47.0 Å². The molecule has 3 aliphatic rings. The molecule has 4 rings (SSSR count). The highest BCUT2D eigenvalue weighted by atomic mass is 16.5. The Bertz CT molecular complexity index is 1040. The fourth-order valence-electron chi connectivity index (χ4n) is 5.74. The van der Waals surface area contributed by atoms with Gasteiger partial charge in [0.15, 0.2) is 11.4 Å². The molecule has 0 spiro atoms. The van der Waals surface area contributed by atoms with Gasteiger partial charge in [-0.15, -0.1) is 0 Å². The molecular weight excluding hydrogens is 392 g/mol. The van der Waals surface area contributed by atoms with E-state index in [-0.39, 0.29) is 17.7 Å². The Kier molecular flexibility index (Phi) is 4.11. The lowest BCUT2D eigenvalue weighted by Gasteiger charge is -2.64. The van der Waals surface area contributed by atoms with E-state index in [1.54, 1.807) is 27.7 Å². The van der Waals surface area contributed by atoms with E-state index >= 15 is 0 Å². The number of hydrogen-bond donors (Lipinski definition) is 3. The number of ether oxygens (including phenoxy) is 1. The molecule has 2 saturated carbocycles. The lowest BCUT2D eigenvalue weighted by Crippen LogP contribution is -2.84. The fourth-order valence-corrected chi connectivity index (χ4v) is 5.74. The van der Waals surface area contributed by atoms with Gasteiger partial charge in [0, 0.05) is 17.9 Å². The van der Waals surface area contributed by atoms with Crippen molar-refractivity contribution in [2.45, 2.75) is 77.3 Å².